The van der Waals surface area contributed by atoms with E-state index < -0.39 is 11.6 Å². The molecule has 1 aromatic carbocycles. The number of nitrogens with zero attached hydrogens (tertiary/aromatic N) is 4. The lowest BCUT2D eigenvalue weighted by atomic mass is 9.72. The average Bonchev–Trinajstić information content (AvgIpc) is 3.23. The fraction of sp³-hybridized carbons (Fsp3) is 0.320. The van der Waals surface area contributed by atoms with Crippen molar-refractivity contribution in [1.29, 1.82) is 5.26 Å². The smallest absolute Gasteiger partial charge is 0.168 e. The van der Waals surface area contributed by atoms with Crippen LogP contribution in [0.15, 0.2) is 43.0 Å². The number of nitrogens with one attached hydrogen (secondary N) is 2. The summed E-state index contributed by atoms with van der Waals surface area (Å²) in [6.45, 7) is 7.17. The Morgan fingerprint density at radius 2 is 2.06 bits per heavy atom. The maximum Gasteiger partial charge on any atom is 0.168 e. The molecule has 1 aliphatic heterocycles. The normalized spacial score (nSPS) is 15.1. The monoisotopic (exact) mass is 482 g/mol. The quantitative estimate of drug-likeness (QED) is 0.432. The van der Waals surface area contributed by atoms with E-state index in [2.05, 4.69) is 33.1 Å². The van der Waals surface area contributed by atoms with Gasteiger partial charge >= 0.3 is 0 Å². The Labute approximate surface area is 202 Å². The highest BCUT2D eigenvalue weighted by molar-refractivity contribution is 6.30. The Balaban J connectivity index is 1.49. The Hall–Kier alpha value is -3.44. The number of halogens is 3. The third-order valence-corrected chi connectivity index (χ3v) is 6.63. The Morgan fingerprint density at radius 1 is 1.29 bits per heavy atom. The van der Waals surface area contributed by atoms with Crippen molar-refractivity contribution in [1.82, 2.24) is 20.1 Å². The number of hydrogen-bond acceptors (Lipinski definition) is 5. The number of H-pyrrole nitrogens is 1. The van der Waals surface area contributed by atoms with E-state index in [1.165, 1.54) is 12.1 Å². The highest BCUT2D eigenvalue weighted by Gasteiger charge is 2.36. The summed E-state index contributed by atoms with van der Waals surface area (Å²) in [5.74, 6) is -0.384. The van der Waals surface area contributed by atoms with Gasteiger partial charge in [0.15, 0.2) is 23.3 Å². The largest absolute Gasteiger partial charge is 0.371 e. The van der Waals surface area contributed by atoms with Gasteiger partial charge in [-0.25, -0.2) is 13.8 Å². The number of nitriles is 1. The third kappa shape index (κ3) is 5.05. The summed E-state index contributed by atoms with van der Waals surface area (Å²) < 4.78 is 28.9. The molecule has 9 heteroatoms. The molecule has 176 valence electrons. The minimum Gasteiger partial charge on any atom is -0.371 e. The van der Waals surface area contributed by atoms with Crippen LogP contribution < -0.4 is 5.32 Å². The van der Waals surface area contributed by atoms with Crippen LogP contribution >= 0.6 is 11.6 Å². The second-order valence-electron chi connectivity index (χ2n) is 8.74. The van der Waals surface area contributed by atoms with Crippen molar-refractivity contribution < 1.29 is 8.78 Å². The van der Waals surface area contributed by atoms with E-state index in [9.17, 15) is 14.0 Å². The van der Waals surface area contributed by atoms with Crippen molar-refractivity contribution in [2.24, 2.45) is 5.41 Å². The zero-order valence-electron chi connectivity index (χ0n) is 18.8. The van der Waals surface area contributed by atoms with E-state index in [4.69, 9.17) is 11.6 Å². The fourth-order valence-electron chi connectivity index (χ4n) is 4.39. The maximum atomic E-state index is 14.5. The maximum absolute atomic E-state index is 14.5. The molecule has 0 unspecified atom stereocenters. The van der Waals surface area contributed by atoms with Gasteiger partial charge in [-0.15, -0.1) is 0 Å². The van der Waals surface area contributed by atoms with Gasteiger partial charge < -0.3 is 10.2 Å². The van der Waals surface area contributed by atoms with Crippen LogP contribution in [0.5, 0.6) is 0 Å². The molecule has 0 aliphatic carbocycles. The van der Waals surface area contributed by atoms with E-state index >= 15 is 0 Å². The van der Waals surface area contributed by atoms with Crippen LogP contribution in [0.1, 0.15) is 36.2 Å². The summed E-state index contributed by atoms with van der Waals surface area (Å²) in [5.41, 5.74) is 2.18. The lowest BCUT2D eigenvalue weighted by Crippen LogP contribution is -2.40. The van der Waals surface area contributed by atoms with Crippen LogP contribution in [-0.4, -0.2) is 33.2 Å². The van der Waals surface area contributed by atoms with Crippen LogP contribution in [0.25, 0.3) is 5.70 Å². The number of piperidine rings is 1. The summed E-state index contributed by atoms with van der Waals surface area (Å²) in [4.78, 5) is 6.50. The van der Waals surface area contributed by atoms with Gasteiger partial charge in [0, 0.05) is 48.2 Å². The predicted molar refractivity (Wildman–Crippen MR) is 128 cm³/mol. The number of aromatic nitrogens is 3. The first-order chi connectivity index (χ1) is 16.3. The lowest BCUT2D eigenvalue weighted by molar-refractivity contribution is 0.144. The summed E-state index contributed by atoms with van der Waals surface area (Å²) in [5, 5.41) is 19.4. The number of aryl methyl sites for hydroxylation is 1. The molecule has 2 aromatic heterocycles. The Kier molecular flexibility index (Phi) is 6.85. The highest BCUT2D eigenvalue weighted by atomic mass is 35.5. The molecule has 34 heavy (non-hydrogen) atoms. The third-order valence-electron chi connectivity index (χ3n) is 6.33. The molecule has 0 radical (unpaired) electrons. The SMILES string of the molecule is C=C(c1cccc(Cl)c1F)N1CCC(CC#N)(Cc2ccc(F)c(Nc3cc(C)[nH]n3)n2)CC1. The van der Waals surface area contributed by atoms with Crippen molar-refractivity contribution in [3.8, 4) is 6.07 Å². The van der Waals surface area contributed by atoms with Crippen LogP contribution in [-0.2, 0) is 6.42 Å². The molecule has 1 fully saturated rings. The molecule has 6 nitrogen and oxygen atoms in total. The zero-order chi connectivity index (χ0) is 24.3. The van der Waals surface area contributed by atoms with Gasteiger partial charge in [-0.1, -0.05) is 24.2 Å². The summed E-state index contributed by atoms with van der Waals surface area (Å²) >= 11 is 5.93. The lowest BCUT2D eigenvalue weighted by Gasteiger charge is -2.42. The van der Waals surface area contributed by atoms with E-state index in [-0.39, 0.29) is 16.3 Å². The molecule has 3 aromatic rings. The standard InChI is InChI=1S/C25H25ClF2N6/c1-16-14-22(33-32-16)31-24-21(27)7-6-18(30-24)15-25(8-11-29)9-12-34(13-10-25)17(2)19-4-3-5-20(26)23(19)28/h3-7,14H,2,8-10,12-13,15H2,1H3,(H2,30,31,32,33). The molecule has 0 spiro atoms. The van der Waals surface area contributed by atoms with E-state index in [0.717, 1.165) is 5.69 Å². The van der Waals surface area contributed by atoms with E-state index in [1.54, 1.807) is 24.3 Å². The van der Waals surface area contributed by atoms with Crippen LogP contribution in [0.3, 0.4) is 0 Å². The van der Waals surface area contributed by atoms with Gasteiger partial charge in [0.25, 0.3) is 0 Å². The van der Waals surface area contributed by atoms with E-state index in [0.29, 0.717) is 61.5 Å². The van der Waals surface area contributed by atoms with Crippen molar-refractivity contribution >= 4 is 28.9 Å². The first-order valence-electron chi connectivity index (χ1n) is 11.0. The molecular weight excluding hydrogens is 458 g/mol. The number of anilines is 2. The van der Waals surface area contributed by atoms with Gasteiger partial charge in [0.2, 0.25) is 0 Å². The zero-order valence-corrected chi connectivity index (χ0v) is 19.6. The Bertz CT molecular complexity index is 1240. The molecule has 1 saturated heterocycles. The summed E-state index contributed by atoms with van der Waals surface area (Å²) in [6, 6.07) is 12.0. The molecule has 0 atom stereocenters. The molecule has 0 bridgehead atoms. The average molecular weight is 483 g/mol. The number of rotatable bonds is 7. The van der Waals surface area contributed by atoms with Gasteiger partial charge in [-0.3, -0.25) is 5.10 Å². The number of pyridine rings is 1. The van der Waals surface area contributed by atoms with Gasteiger partial charge in [0.05, 0.1) is 11.1 Å². The molecule has 0 amide bonds. The molecule has 4 rings (SSSR count). The number of hydrogen-bond donors (Lipinski definition) is 2. The topological polar surface area (TPSA) is 80.6 Å². The number of likely N-dealkylation sites (tertiary alicyclic amines) is 1. The second kappa shape index (κ2) is 9.82. The number of aromatic amines is 1. The molecular formula is C25H25ClF2N6. The molecule has 0 saturated carbocycles. The van der Waals surface area contributed by atoms with Crippen LogP contribution in [0, 0.1) is 35.3 Å². The van der Waals surface area contributed by atoms with Gasteiger partial charge in [-0.2, -0.15) is 10.4 Å². The fourth-order valence-corrected chi connectivity index (χ4v) is 4.56. The minimum atomic E-state index is -0.481. The van der Waals surface area contributed by atoms with Crippen molar-refractivity contribution in [2.75, 3.05) is 18.4 Å². The second-order valence-corrected chi connectivity index (χ2v) is 9.15. The molecule has 1 aliphatic rings. The molecule has 2 N–H and O–H groups in total. The van der Waals surface area contributed by atoms with Crippen molar-refractivity contribution in [3.05, 3.63) is 76.6 Å². The molecule has 3 heterocycles. The van der Waals surface area contributed by atoms with Crippen LogP contribution in [0.2, 0.25) is 5.02 Å². The number of benzene rings is 1. The van der Waals surface area contributed by atoms with Crippen molar-refractivity contribution in [2.45, 2.75) is 32.6 Å². The van der Waals surface area contributed by atoms with Crippen molar-refractivity contribution in [3.63, 3.8) is 0 Å². The first kappa shape index (κ1) is 23.7. The Morgan fingerprint density at radius 3 is 2.74 bits per heavy atom. The van der Waals surface area contributed by atoms with E-state index in [1.807, 2.05) is 11.8 Å². The first-order valence-corrected chi connectivity index (χ1v) is 11.4. The van der Waals surface area contributed by atoms with Crippen LogP contribution in [0.4, 0.5) is 20.4 Å². The summed E-state index contributed by atoms with van der Waals surface area (Å²) in [7, 11) is 0. The predicted octanol–water partition coefficient (Wildman–Crippen LogP) is 6.00. The summed E-state index contributed by atoms with van der Waals surface area (Å²) in [6.07, 6.45) is 2.27. The van der Waals surface area contributed by atoms with Gasteiger partial charge in [0.1, 0.15) is 0 Å². The van der Waals surface area contributed by atoms with Gasteiger partial charge in [-0.05, 0) is 55.9 Å². The highest BCUT2D eigenvalue weighted by Crippen LogP contribution is 2.40. The minimum absolute atomic E-state index is 0.0614.